The Kier molecular flexibility index (Phi) is 5.24. The van der Waals surface area contributed by atoms with Crippen LogP contribution in [0.5, 0.6) is 0 Å². The number of aliphatic hydroxyl groups is 1. The number of nitrogens with zero attached hydrogens (tertiary/aromatic N) is 2. The normalized spacial score (nSPS) is 12.2. The van der Waals surface area contributed by atoms with Crippen molar-refractivity contribution >= 4 is 5.91 Å². The lowest BCUT2D eigenvalue weighted by Crippen LogP contribution is -2.33. The molecular weight excluding hydrogens is 294 g/mol. The summed E-state index contributed by atoms with van der Waals surface area (Å²) in [6, 6.07) is 5.65. The lowest BCUT2D eigenvalue weighted by Gasteiger charge is -2.13. The first-order valence-corrected chi connectivity index (χ1v) is 7.57. The lowest BCUT2D eigenvalue weighted by atomic mass is 10.1. The maximum absolute atomic E-state index is 12.4. The summed E-state index contributed by atoms with van der Waals surface area (Å²) < 4.78 is 7.24. The molecular formula is C17H21N3O3. The average molecular weight is 315 g/mol. The minimum atomic E-state index is -0.611. The van der Waals surface area contributed by atoms with Gasteiger partial charge < -0.3 is 14.8 Å². The van der Waals surface area contributed by atoms with E-state index in [0.29, 0.717) is 24.0 Å². The zero-order valence-electron chi connectivity index (χ0n) is 13.5. The molecule has 0 fully saturated rings. The van der Waals surface area contributed by atoms with Gasteiger partial charge in [-0.15, -0.1) is 0 Å². The molecule has 1 atom stereocenters. The number of aryl methyl sites for hydroxylation is 1. The Labute approximate surface area is 135 Å². The van der Waals surface area contributed by atoms with Crippen LogP contribution >= 0.6 is 0 Å². The monoisotopic (exact) mass is 315 g/mol. The van der Waals surface area contributed by atoms with Crippen LogP contribution in [0, 0.1) is 24.2 Å². The van der Waals surface area contributed by atoms with Crippen LogP contribution in [0.3, 0.4) is 0 Å². The molecule has 6 heteroatoms. The topological polar surface area (TPSA) is 91.2 Å². The highest BCUT2D eigenvalue weighted by molar-refractivity contribution is 5.98. The SMILES string of the molecule is Cc1oc(-n2cccc2)c(C#N)c1C(=O)NCC(O)CC(C)C. The smallest absolute Gasteiger partial charge is 0.256 e. The highest BCUT2D eigenvalue weighted by atomic mass is 16.4. The Bertz CT molecular complexity index is 708. The van der Waals surface area contributed by atoms with Crippen molar-refractivity contribution in [1.29, 1.82) is 5.26 Å². The minimum absolute atomic E-state index is 0.144. The van der Waals surface area contributed by atoms with Crippen molar-refractivity contribution in [3.05, 3.63) is 41.4 Å². The van der Waals surface area contributed by atoms with Gasteiger partial charge in [0.2, 0.25) is 5.88 Å². The third kappa shape index (κ3) is 3.82. The van der Waals surface area contributed by atoms with E-state index in [4.69, 9.17) is 4.42 Å². The Morgan fingerprint density at radius 2 is 2.09 bits per heavy atom. The minimum Gasteiger partial charge on any atom is -0.443 e. The van der Waals surface area contributed by atoms with Crippen molar-refractivity contribution in [3.8, 4) is 12.0 Å². The standard InChI is InChI=1S/C17H21N3O3/c1-11(2)8-13(21)10-19-16(22)15-12(3)23-17(14(15)9-18)20-6-4-5-7-20/h4-7,11,13,21H,8,10H2,1-3H3,(H,19,22). The fourth-order valence-corrected chi connectivity index (χ4v) is 2.49. The van der Waals surface area contributed by atoms with Crippen LogP contribution in [-0.2, 0) is 0 Å². The van der Waals surface area contributed by atoms with E-state index in [1.165, 1.54) is 0 Å². The van der Waals surface area contributed by atoms with Gasteiger partial charge in [-0.1, -0.05) is 13.8 Å². The first kappa shape index (κ1) is 16.8. The predicted molar refractivity (Wildman–Crippen MR) is 85.3 cm³/mol. The van der Waals surface area contributed by atoms with Crippen LogP contribution in [-0.4, -0.2) is 28.2 Å². The van der Waals surface area contributed by atoms with E-state index in [0.717, 1.165) is 0 Å². The lowest BCUT2D eigenvalue weighted by molar-refractivity contribution is 0.0898. The van der Waals surface area contributed by atoms with Gasteiger partial charge in [-0.25, -0.2) is 0 Å². The number of amides is 1. The molecule has 23 heavy (non-hydrogen) atoms. The van der Waals surface area contributed by atoms with Crippen LogP contribution in [0.2, 0.25) is 0 Å². The van der Waals surface area contributed by atoms with Gasteiger partial charge in [0.25, 0.3) is 5.91 Å². The van der Waals surface area contributed by atoms with Crippen LogP contribution in [0.1, 0.15) is 41.9 Å². The van der Waals surface area contributed by atoms with E-state index in [1.54, 1.807) is 36.0 Å². The second-order valence-electron chi connectivity index (χ2n) is 5.91. The van der Waals surface area contributed by atoms with Crippen molar-refractivity contribution in [2.24, 2.45) is 5.92 Å². The van der Waals surface area contributed by atoms with Gasteiger partial charge in [-0.2, -0.15) is 5.26 Å². The van der Waals surface area contributed by atoms with Gasteiger partial charge in [0, 0.05) is 18.9 Å². The quantitative estimate of drug-likeness (QED) is 0.856. The molecule has 6 nitrogen and oxygen atoms in total. The molecule has 1 unspecified atom stereocenters. The Morgan fingerprint density at radius 1 is 1.43 bits per heavy atom. The molecule has 0 saturated heterocycles. The summed E-state index contributed by atoms with van der Waals surface area (Å²) in [4.78, 5) is 12.4. The second-order valence-corrected chi connectivity index (χ2v) is 5.91. The molecule has 0 saturated carbocycles. The summed E-state index contributed by atoms with van der Waals surface area (Å²) in [6.45, 7) is 5.80. The molecule has 2 rings (SSSR count). The molecule has 2 aromatic heterocycles. The molecule has 0 bridgehead atoms. The van der Waals surface area contributed by atoms with Gasteiger partial charge in [0.1, 0.15) is 23.0 Å². The number of nitrogens with one attached hydrogen (secondary N) is 1. The molecule has 122 valence electrons. The number of aromatic nitrogens is 1. The first-order chi connectivity index (χ1) is 10.9. The number of hydrogen-bond acceptors (Lipinski definition) is 4. The zero-order chi connectivity index (χ0) is 17.0. The average Bonchev–Trinajstić information content (AvgIpc) is 3.10. The summed E-state index contributed by atoms with van der Waals surface area (Å²) in [5.41, 5.74) is 0.405. The van der Waals surface area contributed by atoms with Crippen molar-refractivity contribution in [3.63, 3.8) is 0 Å². The summed E-state index contributed by atoms with van der Waals surface area (Å²) in [7, 11) is 0. The molecule has 0 aliphatic rings. The van der Waals surface area contributed by atoms with Gasteiger partial charge in [-0.05, 0) is 31.4 Å². The number of carbonyl (C=O) groups is 1. The van der Waals surface area contributed by atoms with Crippen LogP contribution in [0.4, 0.5) is 0 Å². The molecule has 1 amide bonds. The van der Waals surface area contributed by atoms with Crippen molar-refractivity contribution in [2.75, 3.05) is 6.54 Å². The summed E-state index contributed by atoms with van der Waals surface area (Å²) in [5, 5.41) is 21.9. The van der Waals surface area contributed by atoms with E-state index < -0.39 is 12.0 Å². The van der Waals surface area contributed by atoms with Crippen molar-refractivity contribution in [1.82, 2.24) is 9.88 Å². The largest absolute Gasteiger partial charge is 0.443 e. The molecule has 0 spiro atoms. The number of furan rings is 1. The van der Waals surface area contributed by atoms with Gasteiger partial charge in [0.15, 0.2) is 0 Å². The highest BCUT2D eigenvalue weighted by Crippen LogP contribution is 2.25. The fraction of sp³-hybridized carbons (Fsp3) is 0.412. The first-order valence-electron chi connectivity index (χ1n) is 7.57. The summed E-state index contributed by atoms with van der Waals surface area (Å²) in [5.74, 6) is 0.626. The fourth-order valence-electron chi connectivity index (χ4n) is 2.49. The number of aliphatic hydroxyl groups excluding tert-OH is 1. The van der Waals surface area contributed by atoms with E-state index in [2.05, 4.69) is 5.32 Å². The Hall–Kier alpha value is -2.52. The van der Waals surface area contributed by atoms with Crippen molar-refractivity contribution in [2.45, 2.75) is 33.3 Å². The Morgan fingerprint density at radius 3 is 2.65 bits per heavy atom. The highest BCUT2D eigenvalue weighted by Gasteiger charge is 2.24. The van der Waals surface area contributed by atoms with Gasteiger partial charge in [-0.3, -0.25) is 9.36 Å². The van der Waals surface area contributed by atoms with Crippen molar-refractivity contribution < 1.29 is 14.3 Å². The second kappa shape index (κ2) is 7.16. The van der Waals surface area contributed by atoms with Crippen LogP contribution < -0.4 is 5.32 Å². The summed E-state index contributed by atoms with van der Waals surface area (Å²) in [6.07, 6.45) is 3.48. The van der Waals surface area contributed by atoms with Gasteiger partial charge >= 0.3 is 0 Å². The Balaban J connectivity index is 2.19. The molecule has 0 aliphatic carbocycles. The number of carbonyl (C=O) groups excluding carboxylic acids is 1. The van der Waals surface area contributed by atoms with E-state index in [9.17, 15) is 15.2 Å². The number of rotatable bonds is 6. The van der Waals surface area contributed by atoms with E-state index >= 15 is 0 Å². The third-order valence-corrected chi connectivity index (χ3v) is 3.49. The van der Waals surface area contributed by atoms with Gasteiger partial charge in [0.05, 0.1) is 6.10 Å². The van der Waals surface area contributed by atoms with Crippen LogP contribution in [0.25, 0.3) is 5.88 Å². The predicted octanol–water partition coefficient (Wildman–Crippen LogP) is 2.39. The van der Waals surface area contributed by atoms with E-state index in [1.807, 2.05) is 19.9 Å². The molecule has 2 aromatic rings. The number of nitriles is 1. The third-order valence-electron chi connectivity index (χ3n) is 3.49. The van der Waals surface area contributed by atoms with E-state index in [-0.39, 0.29) is 17.7 Å². The molecule has 2 heterocycles. The zero-order valence-corrected chi connectivity index (χ0v) is 13.5. The maximum atomic E-state index is 12.4. The molecule has 0 aromatic carbocycles. The van der Waals surface area contributed by atoms with Crippen LogP contribution in [0.15, 0.2) is 28.9 Å². The summed E-state index contributed by atoms with van der Waals surface area (Å²) >= 11 is 0. The number of hydrogen-bond donors (Lipinski definition) is 2. The molecule has 0 aliphatic heterocycles. The molecule has 0 radical (unpaired) electrons. The maximum Gasteiger partial charge on any atom is 0.256 e. The molecule has 2 N–H and O–H groups in total.